The van der Waals surface area contributed by atoms with Gasteiger partial charge in [-0.1, -0.05) is 6.07 Å². The summed E-state index contributed by atoms with van der Waals surface area (Å²) in [7, 11) is 1.37. The van der Waals surface area contributed by atoms with Gasteiger partial charge in [-0.25, -0.2) is 4.79 Å². The Bertz CT molecular complexity index is 1430. The molecule has 2 aromatic heterocycles. The molecule has 1 aliphatic rings. The summed E-state index contributed by atoms with van der Waals surface area (Å²) in [6, 6.07) is 24.3. The molecule has 37 heavy (non-hydrogen) atoms. The van der Waals surface area contributed by atoms with Crippen molar-refractivity contribution >= 4 is 40.6 Å². The van der Waals surface area contributed by atoms with Crippen molar-refractivity contribution in [2.45, 2.75) is 19.0 Å². The highest BCUT2D eigenvalue weighted by Gasteiger charge is 2.42. The lowest BCUT2D eigenvalue weighted by Gasteiger charge is -2.29. The van der Waals surface area contributed by atoms with Crippen molar-refractivity contribution in [1.82, 2.24) is 14.9 Å². The molecule has 0 saturated carbocycles. The number of nitrogens with one attached hydrogen (secondary N) is 2. The Labute approximate surface area is 219 Å². The molecule has 8 nitrogen and oxygen atoms in total. The molecular weight excluding hydrogens is 486 g/mol. The Morgan fingerprint density at radius 1 is 0.973 bits per heavy atom. The van der Waals surface area contributed by atoms with Crippen LogP contribution in [0.3, 0.4) is 0 Å². The molecule has 0 bridgehead atoms. The number of methoxy groups -OCH3 is 1. The SMILES string of the molecule is COC(=O)c1ccc(-n2cccc2[C@@H]2[C@H](c3ccccn3)NC(=S)N2c2ccc(NC(C)=O)cc2)cc1. The van der Waals surface area contributed by atoms with Crippen LogP contribution in [-0.4, -0.2) is 33.6 Å². The number of nitrogens with zero attached hydrogens (tertiary/aromatic N) is 3. The van der Waals surface area contributed by atoms with E-state index in [4.69, 9.17) is 17.0 Å². The Morgan fingerprint density at radius 2 is 1.70 bits per heavy atom. The largest absolute Gasteiger partial charge is 0.465 e. The van der Waals surface area contributed by atoms with Crippen molar-refractivity contribution in [2.75, 3.05) is 17.3 Å². The van der Waals surface area contributed by atoms with Crippen LogP contribution in [0.4, 0.5) is 11.4 Å². The molecular formula is C28H25N5O3S. The average Bonchev–Trinajstić information content (AvgIpc) is 3.53. The van der Waals surface area contributed by atoms with Crippen LogP contribution in [0.25, 0.3) is 5.69 Å². The van der Waals surface area contributed by atoms with E-state index in [1.807, 2.05) is 66.9 Å². The number of rotatable bonds is 6. The predicted molar refractivity (Wildman–Crippen MR) is 146 cm³/mol. The topological polar surface area (TPSA) is 88.5 Å². The van der Waals surface area contributed by atoms with Gasteiger partial charge in [0.2, 0.25) is 5.91 Å². The maximum atomic E-state index is 11.9. The van der Waals surface area contributed by atoms with Crippen molar-refractivity contribution < 1.29 is 14.3 Å². The summed E-state index contributed by atoms with van der Waals surface area (Å²) in [5.41, 5.74) is 4.81. The smallest absolute Gasteiger partial charge is 0.337 e. The van der Waals surface area contributed by atoms with Crippen LogP contribution in [0.1, 0.15) is 40.8 Å². The van der Waals surface area contributed by atoms with Gasteiger partial charge in [0.15, 0.2) is 5.11 Å². The molecule has 2 aromatic carbocycles. The van der Waals surface area contributed by atoms with Crippen LogP contribution in [0, 0.1) is 0 Å². The number of hydrogen-bond acceptors (Lipinski definition) is 5. The van der Waals surface area contributed by atoms with Crippen LogP contribution >= 0.6 is 12.2 Å². The van der Waals surface area contributed by atoms with E-state index in [0.717, 1.165) is 22.8 Å². The van der Waals surface area contributed by atoms with Crippen LogP contribution in [0.5, 0.6) is 0 Å². The lowest BCUT2D eigenvalue weighted by Crippen LogP contribution is -2.30. The third-order valence-corrected chi connectivity index (χ3v) is 6.53. The maximum Gasteiger partial charge on any atom is 0.337 e. The van der Waals surface area contributed by atoms with E-state index < -0.39 is 0 Å². The van der Waals surface area contributed by atoms with Crippen LogP contribution in [0.15, 0.2) is 91.3 Å². The lowest BCUT2D eigenvalue weighted by atomic mass is 10.0. The molecule has 2 N–H and O–H groups in total. The summed E-state index contributed by atoms with van der Waals surface area (Å²) < 4.78 is 6.91. The van der Waals surface area contributed by atoms with Crippen molar-refractivity contribution in [1.29, 1.82) is 0 Å². The molecule has 1 fully saturated rings. The minimum atomic E-state index is -0.381. The summed E-state index contributed by atoms with van der Waals surface area (Å²) in [6.45, 7) is 1.48. The molecule has 0 unspecified atom stereocenters. The van der Waals surface area contributed by atoms with Gasteiger partial charge in [0.25, 0.3) is 0 Å². The highest BCUT2D eigenvalue weighted by molar-refractivity contribution is 7.80. The molecule has 186 valence electrons. The summed E-state index contributed by atoms with van der Waals surface area (Å²) in [5, 5.41) is 6.84. The van der Waals surface area contributed by atoms with Crippen LogP contribution in [-0.2, 0) is 9.53 Å². The highest BCUT2D eigenvalue weighted by Crippen LogP contribution is 2.42. The number of pyridine rings is 1. The first-order chi connectivity index (χ1) is 18.0. The number of anilines is 2. The summed E-state index contributed by atoms with van der Waals surface area (Å²) in [6.07, 6.45) is 3.75. The van der Waals surface area contributed by atoms with Gasteiger partial charge in [-0.15, -0.1) is 0 Å². The third kappa shape index (κ3) is 4.81. The lowest BCUT2D eigenvalue weighted by molar-refractivity contribution is -0.114. The number of aromatic nitrogens is 2. The van der Waals surface area contributed by atoms with Gasteiger partial charge in [-0.05, 0) is 85.0 Å². The molecule has 9 heteroatoms. The number of carbonyl (C=O) groups is 2. The zero-order valence-corrected chi connectivity index (χ0v) is 21.1. The van der Waals surface area contributed by atoms with Crippen molar-refractivity contribution in [2.24, 2.45) is 0 Å². The molecule has 0 radical (unpaired) electrons. The number of hydrogen-bond donors (Lipinski definition) is 2. The van der Waals surface area contributed by atoms with Crippen molar-refractivity contribution in [3.63, 3.8) is 0 Å². The Hall–Kier alpha value is -4.50. The molecule has 4 aromatic rings. The molecule has 2 atom stereocenters. The Kier molecular flexibility index (Phi) is 6.70. The van der Waals surface area contributed by atoms with E-state index >= 15 is 0 Å². The fourth-order valence-electron chi connectivity index (χ4n) is 4.59. The van der Waals surface area contributed by atoms with Gasteiger partial charge in [0.1, 0.15) is 6.04 Å². The molecule has 1 aliphatic heterocycles. The molecule has 0 aliphatic carbocycles. The predicted octanol–water partition coefficient (Wildman–Crippen LogP) is 4.79. The van der Waals surface area contributed by atoms with Gasteiger partial charge in [-0.2, -0.15) is 0 Å². The molecule has 3 heterocycles. The van der Waals surface area contributed by atoms with E-state index in [2.05, 4.69) is 31.2 Å². The molecule has 0 spiro atoms. The number of benzene rings is 2. The first-order valence-corrected chi connectivity index (χ1v) is 12.1. The second-order valence-electron chi connectivity index (χ2n) is 8.57. The molecule has 1 saturated heterocycles. The summed E-state index contributed by atoms with van der Waals surface area (Å²) in [4.78, 5) is 30.1. The van der Waals surface area contributed by atoms with Gasteiger partial charge in [0.05, 0.1) is 24.4 Å². The van der Waals surface area contributed by atoms with Crippen LogP contribution < -0.4 is 15.5 Å². The normalized spacial score (nSPS) is 16.8. The highest BCUT2D eigenvalue weighted by atomic mass is 32.1. The first-order valence-electron chi connectivity index (χ1n) is 11.7. The Balaban J connectivity index is 1.58. The molecule has 5 rings (SSSR count). The van der Waals surface area contributed by atoms with Gasteiger partial charge in [-0.3, -0.25) is 9.78 Å². The summed E-state index contributed by atoms with van der Waals surface area (Å²) in [5.74, 6) is -0.510. The van der Waals surface area contributed by atoms with E-state index in [-0.39, 0.29) is 24.0 Å². The summed E-state index contributed by atoms with van der Waals surface area (Å²) >= 11 is 5.83. The zero-order chi connectivity index (χ0) is 25.9. The first kappa shape index (κ1) is 24.2. The van der Waals surface area contributed by atoms with Crippen molar-refractivity contribution in [3.8, 4) is 5.69 Å². The number of amides is 1. The van der Waals surface area contributed by atoms with Crippen LogP contribution in [0.2, 0.25) is 0 Å². The fourth-order valence-corrected chi connectivity index (χ4v) is 4.93. The second-order valence-corrected chi connectivity index (χ2v) is 8.95. The number of carbonyl (C=O) groups excluding carboxylic acids is 2. The van der Waals surface area contributed by atoms with E-state index in [1.165, 1.54) is 14.0 Å². The molecule has 1 amide bonds. The number of esters is 1. The number of thiocarbonyl (C=S) groups is 1. The quantitative estimate of drug-likeness (QED) is 0.284. The van der Waals surface area contributed by atoms with Gasteiger partial charge >= 0.3 is 5.97 Å². The number of ether oxygens (including phenoxy) is 1. The monoisotopic (exact) mass is 511 g/mol. The van der Waals surface area contributed by atoms with Crippen molar-refractivity contribution in [3.05, 3.63) is 108 Å². The Morgan fingerprint density at radius 3 is 2.35 bits per heavy atom. The maximum absolute atomic E-state index is 11.9. The van der Waals surface area contributed by atoms with Gasteiger partial charge in [0, 0.05) is 42.1 Å². The third-order valence-electron chi connectivity index (χ3n) is 6.21. The average molecular weight is 512 g/mol. The minimum absolute atomic E-state index is 0.129. The zero-order valence-electron chi connectivity index (χ0n) is 20.3. The van der Waals surface area contributed by atoms with Gasteiger partial charge < -0.3 is 24.8 Å². The standard InChI is InChI=1S/C28H25N5O3S/c1-18(34)30-20-10-14-22(15-11-20)33-26(25(31-28(33)37)23-6-3-4-16-29-23)24-7-5-17-32(24)21-12-8-19(9-13-21)27(35)36-2/h3-17,25-26H,1-2H3,(H,30,34)(H,31,37)/t25-,26+/m0/s1. The van der Waals surface area contributed by atoms with E-state index in [9.17, 15) is 9.59 Å². The fraction of sp³-hybridized carbons (Fsp3) is 0.143. The van der Waals surface area contributed by atoms with E-state index in [1.54, 1.807) is 18.3 Å². The van der Waals surface area contributed by atoms with E-state index in [0.29, 0.717) is 16.4 Å². The minimum Gasteiger partial charge on any atom is -0.465 e. The second kappa shape index (κ2) is 10.2.